The van der Waals surface area contributed by atoms with Crippen molar-refractivity contribution in [3.05, 3.63) is 41.7 Å². The van der Waals surface area contributed by atoms with E-state index in [4.69, 9.17) is 0 Å². The van der Waals surface area contributed by atoms with E-state index < -0.39 is 0 Å². The third-order valence-corrected chi connectivity index (χ3v) is 2.28. The number of hydrogen-bond donors (Lipinski definition) is 0. The number of aromatic nitrogens is 2. The van der Waals surface area contributed by atoms with Crippen LogP contribution in [0.15, 0.2) is 30.6 Å². The summed E-state index contributed by atoms with van der Waals surface area (Å²) in [6.45, 7) is 4.13. The number of hydrogen-bond acceptors (Lipinski definition) is 2. The van der Waals surface area contributed by atoms with Crippen LogP contribution in [0.2, 0.25) is 0 Å². The van der Waals surface area contributed by atoms with Gasteiger partial charge in [-0.15, -0.1) is 0 Å². The van der Waals surface area contributed by atoms with Gasteiger partial charge in [0.2, 0.25) is 0 Å². The van der Waals surface area contributed by atoms with Crippen LogP contribution in [0.4, 0.5) is 0 Å². The minimum atomic E-state index is 1.14. The summed E-state index contributed by atoms with van der Waals surface area (Å²) in [5.74, 6) is 0. The predicted molar refractivity (Wildman–Crippen MR) is 59.0 cm³/mol. The molecular formula is C12H12N2. The molecule has 0 unspecified atom stereocenters. The Kier molecular flexibility index (Phi) is 2.27. The zero-order valence-corrected chi connectivity index (χ0v) is 8.36. The Labute approximate surface area is 83.3 Å². The van der Waals surface area contributed by atoms with E-state index >= 15 is 0 Å². The number of allylic oxidation sites excluding steroid dienone is 1. The van der Waals surface area contributed by atoms with Gasteiger partial charge in [0.1, 0.15) is 0 Å². The SMILES string of the molecule is C/C=C\c1cc2cnncc2cc1C. The van der Waals surface area contributed by atoms with E-state index in [1.54, 1.807) is 12.4 Å². The number of aryl methyl sites for hydroxylation is 1. The monoisotopic (exact) mass is 184 g/mol. The second-order valence-electron chi connectivity index (χ2n) is 3.33. The molecule has 0 atom stereocenters. The molecule has 0 amide bonds. The van der Waals surface area contributed by atoms with E-state index in [-0.39, 0.29) is 0 Å². The molecule has 0 fully saturated rings. The first-order valence-electron chi connectivity index (χ1n) is 4.65. The van der Waals surface area contributed by atoms with Gasteiger partial charge in [0.15, 0.2) is 0 Å². The Morgan fingerprint density at radius 1 is 1.07 bits per heavy atom. The van der Waals surface area contributed by atoms with Crippen LogP contribution in [-0.4, -0.2) is 10.2 Å². The smallest absolute Gasteiger partial charge is 0.0574 e. The van der Waals surface area contributed by atoms with Crippen LogP contribution in [0.1, 0.15) is 18.1 Å². The summed E-state index contributed by atoms with van der Waals surface area (Å²) in [5, 5.41) is 10.0. The minimum Gasteiger partial charge on any atom is -0.158 e. The number of fused-ring (bicyclic) bond motifs is 1. The quantitative estimate of drug-likeness (QED) is 0.681. The van der Waals surface area contributed by atoms with Crippen molar-refractivity contribution in [2.75, 3.05) is 0 Å². The Morgan fingerprint density at radius 2 is 1.71 bits per heavy atom. The van der Waals surface area contributed by atoms with Gasteiger partial charge in [-0.25, -0.2) is 0 Å². The van der Waals surface area contributed by atoms with Gasteiger partial charge in [-0.05, 0) is 37.1 Å². The molecule has 0 aliphatic carbocycles. The molecule has 0 bridgehead atoms. The molecular weight excluding hydrogens is 172 g/mol. The summed E-state index contributed by atoms with van der Waals surface area (Å²) >= 11 is 0. The molecule has 2 aromatic rings. The van der Waals surface area contributed by atoms with Gasteiger partial charge in [0, 0.05) is 10.8 Å². The zero-order valence-electron chi connectivity index (χ0n) is 8.36. The molecule has 0 saturated carbocycles. The first-order valence-corrected chi connectivity index (χ1v) is 4.65. The summed E-state index contributed by atoms with van der Waals surface area (Å²) in [6.07, 6.45) is 7.74. The van der Waals surface area contributed by atoms with Gasteiger partial charge in [-0.2, -0.15) is 10.2 Å². The topological polar surface area (TPSA) is 25.8 Å². The molecule has 1 aromatic heterocycles. The van der Waals surface area contributed by atoms with Crippen LogP contribution >= 0.6 is 0 Å². The van der Waals surface area contributed by atoms with Gasteiger partial charge >= 0.3 is 0 Å². The van der Waals surface area contributed by atoms with Gasteiger partial charge in [-0.3, -0.25) is 0 Å². The predicted octanol–water partition coefficient (Wildman–Crippen LogP) is 2.97. The average molecular weight is 184 g/mol. The minimum absolute atomic E-state index is 1.14. The number of rotatable bonds is 1. The van der Waals surface area contributed by atoms with E-state index in [0.717, 1.165) is 10.8 Å². The molecule has 0 radical (unpaired) electrons. The maximum atomic E-state index is 3.87. The van der Waals surface area contributed by atoms with Crippen LogP contribution in [0.5, 0.6) is 0 Å². The van der Waals surface area contributed by atoms with Crippen LogP contribution in [0.3, 0.4) is 0 Å². The standard InChI is InChI=1S/C12H12N2/c1-3-4-10-6-12-8-14-13-7-11(12)5-9(10)2/h3-8H,1-2H3/b4-3-. The molecule has 0 aliphatic rings. The third kappa shape index (κ3) is 1.51. The molecule has 0 spiro atoms. The van der Waals surface area contributed by atoms with Crippen molar-refractivity contribution in [3.63, 3.8) is 0 Å². The van der Waals surface area contributed by atoms with Crippen molar-refractivity contribution >= 4 is 16.8 Å². The Bertz CT molecular complexity index is 487. The van der Waals surface area contributed by atoms with E-state index in [0.29, 0.717) is 0 Å². The molecule has 70 valence electrons. The van der Waals surface area contributed by atoms with Crippen LogP contribution < -0.4 is 0 Å². The van der Waals surface area contributed by atoms with Crippen molar-refractivity contribution in [2.45, 2.75) is 13.8 Å². The maximum absolute atomic E-state index is 3.87. The van der Waals surface area contributed by atoms with Crippen LogP contribution in [-0.2, 0) is 0 Å². The second kappa shape index (κ2) is 3.58. The molecule has 2 nitrogen and oxygen atoms in total. The van der Waals surface area contributed by atoms with Crippen molar-refractivity contribution < 1.29 is 0 Å². The molecule has 2 rings (SSSR count). The molecule has 2 heteroatoms. The lowest BCUT2D eigenvalue weighted by Crippen LogP contribution is -1.85. The Morgan fingerprint density at radius 3 is 2.36 bits per heavy atom. The summed E-state index contributed by atoms with van der Waals surface area (Å²) < 4.78 is 0. The van der Waals surface area contributed by atoms with Gasteiger partial charge in [0.25, 0.3) is 0 Å². The molecule has 0 saturated heterocycles. The summed E-state index contributed by atoms with van der Waals surface area (Å²) in [7, 11) is 0. The molecule has 14 heavy (non-hydrogen) atoms. The Balaban J connectivity index is 2.70. The van der Waals surface area contributed by atoms with Crippen LogP contribution in [0, 0.1) is 6.92 Å². The molecule has 0 N–H and O–H groups in total. The normalized spacial score (nSPS) is 11.3. The van der Waals surface area contributed by atoms with Gasteiger partial charge < -0.3 is 0 Å². The van der Waals surface area contributed by atoms with E-state index in [1.165, 1.54) is 11.1 Å². The fraction of sp³-hybridized carbons (Fsp3) is 0.167. The number of nitrogens with zero attached hydrogens (tertiary/aromatic N) is 2. The molecule has 1 heterocycles. The average Bonchev–Trinajstić information content (AvgIpc) is 2.19. The van der Waals surface area contributed by atoms with Crippen molar-refractivity contribution in [1.82, 2.24) is 10.2 Å². The fourth-order valence-corrected chi connectivity index (χ4v) is 1.54. The zero-order chi connectivity index (χ0) is 9.97. The molecule has 0 aliphatic heterocycles. The summed E-state index contributed by atoms with van der Waals surface area (Å²) in [5.41, 5.74) is 2.51. The second-order valence-corrected chi connectivity index (χ2v) is 3.33. The first-order chi connectivity index (χ1) is 6.81. The highest BCUT2D eigenvalue weighted by Gasteiger charge is 1.98. The maximum Gasteiger partial charge on any atom is 0.0574 e. The lowest BCUT2D eigenvalue weighted by atomic mass is 10.0. The van der Waals surface area contributed by atoms with Gasteiger partial charge in [-0.1, -0.05) is 12.2 Å². The lowest BCUT2D eigenvalue weighted by molar-refractivity contribution is 1.05. The summed E-state index contributed by atoms with van der Waals surface area (Å²) in [6, 6.07) is 4.28. The number of benzene rings is 1. The third-order valence-electron chi connectivity index (χ3n) is 2.28. The molecule has 1 aromatic carbocycles. The highest BCUT2D eigenvalue weighted by molar-refractivity contribution is 5.84. The highest BCUT2D eigenvalue weighted by atomic mass is 15.1. The highest BCUT2D eigenvalue weighted by Crippen LogP contribution is 2.18. The van der Waals surface area contributed by atoms with Crippen molar-refractivity contribution in [3.8, 4) is 0 Å². The van der Waals surface area contributed by atoms with E-state index in [9.17, 15) is 0 Å². The van der Waals surface area contributed by atoms with E-state index in [1.807, 2.05) is 13.0 Å². The lowest BCUT2D eigenvalue weighted by Gasteiger charge is -2.02. The fourth-order valence-electron chi connectivity index (χ4n) is 1.54. The van der Waals surface area contributed by atoms with E-state index in [2.05, 4.69) is 35.3 Å². The van der Waals surface area contributed by atoms with Crippen molar-refractivity contribution in [2.24, 2.45) is 0 Å². The van der Waals surface area contributed by atoms with Gasteiger partial charge in [0.05, 0.1) is 12.4 Å². The first kappa shape index (κ1) is 8.88. The summed E-state index contributed by atoms with van der Waals surface area (Å²) in [4.78, 5) is 0. The van der Waals surface area contributed by atoms with Crippen LogP contribution in [0.25, 0.3) is 16.8 Å². The largest absolute Gasteiger partial charge is 0.158 e. The Hall–Kier alpha value is -1.70. The van der Waals surface area contributed by atoms with Crippen molar-refractivity contribution in [1.29, 1.82) is 0 Å².